The third-order valence-corrected chi connectivity index (χ3v) is 3.30. The molecule has 4 N–H and O–H groups in total. The van der Waals surface area contributed by atoms with Crippen molar-refractivity contribution in [1.82, 2.24) is 10.3 Å². The van der Waals surface area contributed by atoms with Gasteiger partial charge >= 0.3 is 0 Å². The molecule has 1 aliphatic rings. The molecular formula is C14H20N4O. The van der Waals surface area contributed by atoms with Gasteiger partial charge in [-0.3, -0.25) is 4.79 Å². The van der Waals surface area contributed by atoms with E-state index in [2.05, 4.69) is 21.7 Å². The topological polar surface area (TPSA) is 80.0 Å². The molecule has 102 valence electrons. The molecule has 1 aromatic heterocycles. The van der Waals surface area contributed by atoms with Crippen LogP contribution in [0.1, 0.15) is 28.8 Å². The van der Waals surface area contributed by atoms with Gasteiger partial charge in [0.2, 0.25) is 0 Å². The number of carbonyl (C=O) groups excluding carboxylic acids is 1. The zero-order valence-electron chi connectivity index (χ0n) is 11.2. The Kier molecular flexibility index (Phi) is 4.52. The molecule has 1 aliphatic heterocycles. The van der Waals surface area contributed by atoms with Crippen molar-refractivity contribution < 1.29 is 4.79 Å². The van der Waals surface area contributed by atoms with E-state index in [1.54, 1.807) is 12.3 Å². The van der Waals surface area contributed by atoms with Crippen molar-refractivity contribution in [1.29, 1.82) is 0 Å². The standard InChI is InChI=1S/C14H20N4O/c1-10-2-8-17-14(12(10)13(15)19)18-9-5-11-3-6-16-7-4-11/h2-3,8,16H,4-7,9H2,1H3,(H2,15,19)(H,17,18). The van der Waals surface area contributed by atoms with E-state index in [1.165, 1.54) is 5.57 Å². The molecule has 0 bridgehead atoms. The Balaban J connectivity index is 1.97. The van der Waals surface area contributed by atoms with Gasteiger partial charge in [0.25, 0.3) is 5.91 Å². The zero-order valence-corrected chi connectivity index (χ0v) is 11.2. The number of nitrogens with one attached hydrogen (secondary N) is 2. The average molecular weight is 260 g/mol. The van der Waals surface area contributed by atoms with E-state index in [9.17, 15) is 4.79 Å². The van der Waals surface area contributed by atoms with Crippen LogP contribution in [-0.2, 0) is 0 Å². The van der Waals surface area contributed by atoms with E-state index in [-0.39, 0.29) is 0 Å². The number of hydrogen-bond acceptors (Lipinski definition) is 4. The van der Waals surface area contributed by atoms with Crippen LogP contribution in [0.25, 0.3) is 0 Å². The molecule has 0 atom stereocenters. The molecule has 1 aromatic rings. The zero-order chi connectivity index (χ0) is 13.7. The molecule has 0 saturated heterocycles. The van der Waals surface area contributed by atoms with E-state index in [0.717, 1.165) is 38.0 Å². The van der Waals surface area contributed by atoms with Gasteiger partial charge in [0.1, 0.15) is 5.82 Å². The highest BCUT2D eigenvalue weighted by atomic mass is 16.1. The highest BCUT2D eigenvalue weighted by Gasteiger charge is 2.12. The number of amides is 1. The van der Waals surface area contributed by atoms with Crippen LogP contribution in [0, 0.1) is 6.92 Å². The van der Waals surface area contributed by atoms with Crippen molar-refractivity contribution in [3.63, 3.8) is 0 Å². The van der Waals surface area contributed by atoms with Gasteiger partial charge in [-0.05, 0) is 37.9 Å². The molecule has 0 aromatic carbocycles. The molecule has 19 heavy (non-hydrogen) atoms. The van der Waals surface area contributed by atoms with E-state index >= 15 is 0 Å². The summed E-state index contributed by atoms with van der Waals surface area (Å²) in [5.74, 6) is 0.149. The molecule has 5 nitrogen and oxygen atoms in total. The van der Waals surface area contributed by atoms with Gasteiger partial charge in [0.05, 0.1) is 5.56 Å². The minimum Gasteiger partial charge on any atom is -0.369 e. The number of nitrogens with two attached hydrogens (primary N) is 1. The lowest BCUT2D eigenvalue weighted by Gasteiger charge is -2.15. The summed E-state index contributed by atoms with van der Waals surface area (Å²) < 4.78 is 0. The quantitative estimate of drug-likeness (QED) is 0.695. The molecule has 0 saturated carbocycles. The van der Waals surface area contributed by atoms with Crippen molar-refractivity contribution in [2.75, 3.05) is 25.0 Å². The number of primary amides is 1. The fraction of sp³-hybridized carbons (Fsp3) is 0.429. The predicted molar refractivity (Wildman–Crippen MR) is 76.2 cm³/mol. The summed E-state index contributed by atoms with van der Waals surface area (Å²) >= 11 is 0. The van der Waals surface area contributed by atoms with E-state index in [4.69, 9.17) is 5.73 Å². The number of aryl methyl sites for hydroxylation is 1. The number of carbonyl (C=O) groups is 1. The van der Waals surface area contributed by atoms with Crippen molar-refractivity contribution in [2.24, 2.45) is 5.73 Å². The van der Waals surface area contributed by atoms with Crippen molar-refractivity contribution >= 4 is 11.7 Å². The normalized spacial score (nSPS) is 14.9. The van der Waals surface area contributed by atoms with Gasteiger partial charge in [-0.2, -0.15) is 0 Å². The summed E-state index contributed by atoms with van der Waals surface area (Å²) in [6, 6.07) is 1.79. The first-order chi connectivity index (χ1) is 9.18. The van der Waals surface area contributed by atoms with Crippen LogP contribution in [0.15, 0.2) is 23.9 Å². The minimum atomic E-state index is -0.436. The second kappa shape index (κ2) is 6.33. The highest BCUT2D eigenvalue weighted by molar-refractivity contribution is 5.98. The molecule has 1 amide bonds. The monoisotopic (exact) mass is 260 g/mol. The number of hydrogen-bond donors (Lipinski definition) is 3. The first kappa shape index (κ1) is 13.5. The number of rotatable bonds is 5. The Morgan fingerprint density at radius 3 is 3.11 bits per heavy atom. The Morgan fingerprint density at radius 1 is 1.58 bits per heavy atom. The van der Waals surface area contributed by atoms with Crippen LogP contribution < -0.4 is 16.4 Å². The molecule has 5 heteroatoms. The molecule has 0 fully saturated rings. The summed E-state index contributed by atoms with van der Waals surface area (Å²) in [5, 5.41) is 6.49. The van der Waals surface area contributed by atoms with Crippen LogP contribution >= 0.6 is 0 Å². The van der Waals surface area contributed by atoms with Crippen LogP contribution in [0.4, 0.5) is 5.82 Å². The summed E-state index contributed by atoms with van der Waals surface area (Å²) in [7, 11) is 0. The smallest absolute Gasteiger partial charge is 0.252 e. The Labute approximate surface area is 113 Å². The lowest BCUT2D eigenvalue weighted by molar-refractivity contribution is 0.1000. The first-order valence-electron chi connectivity index (χ1n) is 6.56. The minimum absolute atomic E-state index is 0.436. The van der Waals surface area contributed by atoms with Gasteiger partial charge in [0, 0.05) is 19.3 Å². The fourth-order valence-corrected chi connectivity index (χ4v) is 2.24. The summed E-state index contributed by atoms with van der Waals surface area (Å²) in [6.07, 6.45) is 5.97. The molecule has 2 rings (SSSR count). The van der Waals surface area contributed by atoms with E-state index in [1.807, 2.05) is 6.92 Å². The number of nitrogens with zero attached hydrogens (tertiary/aromatic N) is 1. The molecule has 0 aliphatic carbocycles. The fourth-order valence-electron chi connectivity index (χ4n) is 2.24. The predicted octanol–water partition coefficient (Wildman–Crippen LogP) is 1.21. The van der Waals surface area contributed by atoms with E-state index < -0.39 is 5.91 Å². The second-order valence-electron chi connectivity index (χ2n) is 4.71. The van der Waals surface area contributed by atoms with Crippen LogP contribution in [-0.4, -0.2) is 30.5 Å². The summed E-state index contributed by atoms with van der Waals surface area (Å²) in [5.41, 5.74) is 8.18. The van der Waals surface area contributed by atoms with Gasteiger partial charge in [-0.15, -0.1) is 0 Å². The van der Waals surface area contributed by atoms with Crippen LogP contribution in [0.3, 0.4) is 0 Å². The molecule has 0 radical (unpaired) electrons. The van der Waals surface area contributed by atoms with Crippen molar-refractivity contribution in [3.8, 4) is 0 Å². The maximum Gasteiger partial charge on any atom is 0.252 e. The van der Waals surface area contributed by atoms with E-state index in [0.29, 0.717) is 11.4 Å². The number of pyridine rings is 1. The van der Waals surface area contributed by atoms with Crippen molar-refractivity contribution in [3.05, 3.63) is 35.0 Å². The van der Waals surface area contributed by atoms with Crippen molar-refractivity contribution in [2.45, 2.75) is 19.8 Å². The third kappa shape index (κ3) is 3.54. The maximum atomic E-state index is 11.4. The Morgan fingerprint density at radius 2 is 2.42 bits per heavy atom. The van der Waals surface area contributed by atoms with Gasteiger partial charge in [0.15, 0.2) is 0 Å². The molecule has 0 spiro atoms. The van der Waals surface area contributed by atoms with Gasteiger partial charge in [-0.25, -0.2) is 4.98 Å². The first-order valence-corrected chi connectivity index (χ1v) is 6.56. The Hall–Kier alpha value is -1.88. The lowest BCUT2D eigenvalue weighted by atomic mass is 10.1. The highest BCUT2D eigenvalue weighted by Crippen LogP contribution is 2.16. The van der Waals surface area contributed by atoms with Gasteiger partial charge in [-0.1, -0.05) is 11.6 Å². The second-order valence-corrected chi connectivity index (χ2v) is 4.71. The molecular weight excluding hydrogens is 240 g/mol. The summed E-state index contributed by atoms with van der Waals surface area (Å²) in [6.45, 7) is 4.62. The SMILES string of the molecule is Cc1ccnc(NCCC2=CCNCC2)c1C(N)=O. The Bertz CT molecular complexity index is 496. The number of anilines is 1. The average Bonchev–Trinajstić information content (AvgIpc) is 2.39. The van der Waals surface area contributed by atoms with Crippen LogP contribution in [0.5, 0.6) is 0 Å². The van der Waals surface area contributed by atoms with Gasteiger partial charge < -0.3 is 16.4 Å². The third-order valence-electron chi connectivity index (χ3n) is 3.30. The molecule has 0 unspecified atom stereocenters. The lowest BCUT2D eigenvalue weighted by Crippen LogP contribution is -2.22. The summed E-state index contributed by atoms with van der Waals surface area (Å²) in [4.78, 5) is 15.6. The number of aromatic nitrogens is 1. The van der Waals surface area contributed by atoms with Crippen LogP contribution in [0.2, 0.25) is 0 Å². The molecule has 2 heterocycles. The maximum absolute atomic E-state index is 11.4. The largest absolute Gasteiger partial charge is 0.369 e.